The van der Waals surface area contributed by atoms with Crippen molar-refractivity contribution >= 4 is 0 Å². The van der Waals surface area contributed by atoms with Gasteiger partial charge in [0.05, 0.1) is 0 Å². The quantitative estimate of drug-likeness (QED) is 0.772. The molecule has 2 N–H and O–H groups in total. The van der Waals surface area contributed by atoms with Gasteiger partial charge in [-0.3, -0.25) is 0 Å². The van der Waals surface area contributed by atoms with Crippen LogP contribution in [0.3, 0.4) is 0 Å². The SMILES string of the molecule is Cc1cccc(C(CCCN)CC(C)C)c1. The lowest BCUT2D eigenvalue weighted by atomic mass is 9.86. The summed E-state index contributed by atoms with van der Waals surface area (Å²) in [7, 11) is 0. The number of benzene rings is 1. The Morgan fingerprint density at radius 3 is 2.56 bits per heavy atom. The lowest BCUT2D eigenvalue weighted by molar-refractivity contribution is 0.468. The van der Waals surface area contributed by atoms with E-state index < -0.39 is 0 Å². The zero-order valence-corrected chi connectivity index (χ0v) is 10.9. The second kappa shape index (κ2) is 6.70. The summed E-state index contributed by atoms with van der Waals surface area (Å²) in [6.07, 6.45) is 3.62. The molecule has 0 heterocycles. The van der Waals surface area contributed by atoms with Gasteiger partial charge in [-0.1, -0.05) is 43.7 Å². The van der Waals surface area contributed by atoms with Crippen molar-refractivity contribution in [3.05, 3.63) is 35.4 Å². The van der Waals surface area contributed by atoms with Crippen molar-refractivity contribution in [3.8, 4) is 0 Å². The molecule has 0 radical (unpaired) electrons. The van der Waals surface area contributed by atoms with Crippen molar-refractivity contribution in [1.29, 1.82) is 0 Å². The largest absolute Gasteiger partial charge is 0.330 e. The monoisotopic (exact) mass is 219 g/mol. The minimum atomic E-state index is 0.684. The summed E-state index contributed by atoms with van der Waals surface area (Å²) in [5.74, 6) is 1.44. The molecule has 0 fully saturated rings. The zero-order chi connectivity index (χ0) is 12.0. The molecule has 1 atom stereocenters. The number of hydrogen-bond donors (Lipinski definition) is 1. The average Bonchev–Trinajstić information content (AvgIpc) is 2.23. The highest BCUT2D eigenvalue weighted by molar-refractivity contribution is 5.25. The third kappa shape index (κ3) is 4.36. The van der Waals surface area contributed by atoms with Crippen molar-refractivity contribution in [1.82, 2.24) is 0 Å². The molecule has 1 heteroatoms. The highest BCUT2D eigenvalue weighted by atomic mass is 14.5. The molecule has 0 aliphatic carbocycles. The summed E-state index contributed by atoms with van der Waals surface area (Å²) in [6.45, 7) is 7.57. The van der Waals surface area contributed by atoms with Crippen LogP contribution >= 0.6 is 0 Å². The van der Waals surface area contributed by atoms with E-state index in [1.54, 1.807) is 0 Å². The van der Waals surface area contributed by atoms with Crippen LogP contribution in [-0.2, 0) is 0 Å². The van der Waals surface area contributed by atoms with E-state index >= 15 is 0 Å². The smallest absolute Gasteiger partial charge is 0.00771 e. The second-order valence-electron chi connectivity index (χ2n) is 5.17. The summed E-state index contributed by atoms with van der Waals surface area (Å²) in [5, 5.41) is 0. The molecular weight excluding hydrogens is 194 g/mol. The maximum absolute atomic E-state index is 5.62. The minimum absolute atomic E-state index is 0.684. The van der Waals surface area contributed by atoms with Gasteiger partial charge in [0.25, 0.3) is 0 Å². The van der Waals surface area contributed by atoms with E-state index in [1.807, 2.05) is 0 Å². The molecule has 0 aliphatic rings. The Kier molecular flexibility index (Phi) is 5.54. The summed E-state index contributed by atoms with van der Waals surface area (Å²) in [6, 6.07) is 8.92. The molecule has 0 saturated carbocycles. The van der Waals surface area contributed by atoms with Crippen molar-refractivity contribution in [2.24, 2.45) is 11.7 Å². The lowest BCUT2D eigenvalue weighted by Crippen LogP contribution is -2.07. The molecule has 0 bridgehead atoms. The third-order valence-corrected chi connectivity index (χ3v) is 3.03. The van der Waals surface area contributed by atoms with Crippen molar-refractivity contribution in [3.63, 3.8) is 0 Å². The van der Waals surface area contributed by atoms with Crippen LogP contribution < -0.4 is 5.73 Å². The fourth-order valence-electron chi connectivity index (χ4n) is 2.28. The zero-order valence-electron chi connectivity index (χ0n) is 10.9. The molecule has 1 nitrogen and oxygen atoms in total. The van der Waals surface area contributed by atoms with Crippen LogP contribution in [0.2, 0.25) is 0 Å². The Balaban J connectivity index is 2.74. The van der Waals surface area contributed by atoms with Crippen LogP contribution in [0.5, 0.6) is 0 Å². The molecule has 0 aromatic heterocycles. The number of hydrogen-bond acceptors (Lipinski definition) is 1. The first-order chi connectivity index (χ1) is 7.63. The lowest BCUT2D eigenvalue weighted by Gasteiger charge is -2.19. The highest BCUT2D eigenvalue weighted by Gasteiger charge is 2.12. The highest BCUT2D eigenvalue weighted by Crippen LogP contribution is 2.28. The molecule has 1 unspecified atom stereocenters. The van der Waals surface area contributed by atoms with Crippen LogP contribution in [-0.4, -0.2) is 6.54 Å². The Labute approximate surface area is 100 Å². The van der Waals surface area contributed by atoms with Gasteiger partial charge in [-0.05, 0) is 50.1 Å². The number of aryl methyl sites for hydroxylation is 1. The molecule has 1 aromatic carbocycles. The van der Waals surface area contributed by atoms with Crippen molar-refractivity contribution in [2.75, 3.05) is 6.54 Å². The molecule has 0 spiro atoms. The second-order valence-corrected chi connectivity index (χ2v) is 5.17. The van der Waals surface area contributed by atoms with Crippen molar-refractivity contribution < 1.29 is 0 Å². The molecule has 1 aromatic rings. The van der Waals surface area contributed by atoms with Gasteiger partial charge in [0.1, 0.15) is 0 Å². The van der Waals surface area contributed by atoms with Gasteiger partial charge in [-0.2, -0.15) is 0 Å². The topological polar surface area (TPSA) is 26.0 Å². The van der Waals surface area contributed by atoms with Crippen LogP contribution in [0.4, 0.5) is 0 Å². The first-order valence-corrected chi connectivity index (χ1v) is 6.40. The molecule has 0 saturated heterocycles. The summed E-state index contributed by atoms with van der Waals surface area (Å²) in [4.78, 5) is 0. The van der Waals surface area contributed by atoms with Gasteiger partial charge in [0, 0.05) is 0 Å². The Hall–Kier alpha value is -0.820. The first-order valence-electron chi connectivity index (χ1n) is 6.40. The van der Waals surface area contributed by atoms with E-state index in [1.165, 1.54) is 24.0 Å². The summed E-state index contributed by atoms with van der Waals surface area (Å²) in [5.41, 5.74) is 8.46. The minimum Gasteiger partial charge on any atom is -0.330 e. The number of nitrogens with two attached hydrogens (primary N) is 1. The Morgan fingerprint density at radius 2 is 2.00 bits per heavy atom. The normalized spacial score (nSPS) is 13.1. The van der Waals surface area contributed by atoms with Crippen LogP contribution in [0, 0.1) is 12.8 Å². The van der Waals surface area contributed by atoms with E-state index in [-0.39, 0.29) is 0 Å². The van der Waals surface area contributed by atoms with Gasteiger partial charge >= 0.3 is 0 Å². The van der Waals surface area contributed by atoms with Gasteiger partial charge in [0.15, 0.2) is 0 Å². The maximum atomic E-state index is 5.62. The molecule has 16 heavy (non-hydrogen) atoms. The van der Waals surface area contributed by atoms with Crippen LogP contribution in [0.1, 0.15) is 50.2 Å². The van der Waals surface area contributed by atoms with E-state index in [0.29, 0.717) is 5.92 Å². The van der Waals surface area contributed by atoms with E-state index in [0.717, 1.165) is 18.9 Å². The predicted molar refractivity (Wildman–Crippen MR) is 71.7 cm³/mol. The standard InChI is InChI=1S/C15H25N/c1-12(2)10-14(8-5-9-16)15-7-4-6-13(3)11-15/h4,6-7,11-12,14H,5,8-10,16H2,1-3H3. The van der Waals surface area contributed by atoms with E-state index in [9.17, 15) is 0 Å². The van der Waals surface area contributed by atoms with Crippen LogP contribution in [0.25, 0.3) is 0 Å². The van der Waals surface area contributed by atoms with Crippen LogP contribution in [0.15, 0.2) is 24.3 Å². The van der Waals surface area contributed by atoms with E-state index in [4.69, 9.17) is 5.73 Å². The molecule has 0 amide bonds. The van der Waals surface area contributed by atoms with Gasteiger partial charge < -0.3 is 5.73 Å². The maximum Gasteiger partial charge on any atom is -0.00771 e. The van der Waals surface area contributed by atoms with E-state index in [2.05, 4.69) is 45.0 Å². The summed E-state index contributed by atoms with van der Waals surface area (Å²) >= 11 is 0. The average molecular weight is 219 g/mol. The van der Waals surface area contributed by atoms with Crippen molar-refractivity contribution in [2.45, 2.75) is 46.0 Å². The van der Waals surface area contributed by atoms with Gasteiger partial charge in [-0.15, -0.1) is 0 Å². The first kappa shape index (κ1) is 13.2. The fourth-order valence-corrected chi connectivity index (χ4v) is 2.28. The predicted octanol–water partition coefficient (Wildman–Crippen LogP) is 3.86. The van der Waals surface area contributed by atoms with Gasteiger partial charge in [-0.25, -0.2) is 0 Å². The molecular formula is C15H25N. The fraction of sp³-hybridized carbons (Fsp3) is 0.600. The third-order valence-electron chi connectivity index (χ3n) is 3.03. The molecule has 1 rings (SSSR count). The Bertz CT molecular complexity index is 304. The number of rotatable bonds is 6. The summed E-state index contributed by atoms with van der Waals surface area (Å²) < 4.78 is 0. The van der Waals surface area contributed by atoms with Gasteiger partial charge in [0.2, 0.25) is 0 Å². The molecule has 90 valence electrons. The Morgan fingerprint density at radius 1 is 1.25 bits per heavy atom. The molecule has 0 aliphatic heterocycles.